The molecule has 158 valence electrons. The second-order valence-corrected chi connectivity index (χ2v) is 7.78. The Morgan fingerprint density at radius 3 is 2.30 bits per heavy atom. The topological polar surface area (TPSA) is 49.9 Å². The fourth-order valence-corrected chi connectivity index (χ4v) is 4.02. The summed E-state index contributed by atoms with van der Waals surface area (Å²) in [5, 5.41) is 0. The molecule has 2 amide bonds. The van der Waals surface area contributed by atoms with Gasteiger partial charge in [-0.25, -0.2) is 0 Å². The number of likely N-dealkylation sites (tertiary alicyclic amines) is 1. The molecular weight excluding hydrogens is 376 g/mol. The number of amides is 2. The van der Waals surface area contributed by atoms with E-state index in [0.29, 0.717) is 17.9 Å². The number of hydrogen-bond acceptors (Lipinski definition) is 3. The van der Waals surface area contributed by atoms with Crippen LogP contribution in [0.5, 0.6) is 5.75 Å². The van der Waals surface area contributed by atoms with Gasteiger partial charge in [-0.15, -0.1) is 6.58 Å². The highest BCUT2D eigenvalue weighted by atomic mass is 16.5. The lowest BCUT2D eigenvalue weighted by atomic mass is 9.97. The van der Waals surface area contributed by atoms with Crippen LogP contribution in [-0.4, -0.2) is 41.9 Å². The van der Waals surface area contributed by atoms with Crippen molar-refractivity contribution >= 4 is 17.5 Å². The Morgan fingerprint density at radius 1 is 1.07 bits per heavy atom. The van der Waals surface area contributed by atoms with Gasteiger partial charge in [0.15, 0.2) is 6.61 Å². The van der Waals surface area contributed by atoms with E-state index in [1.54, 1.807) is 35.2 Å². The van der Waals surface area contributed by atoms with E-state index >= 15 is 0 Å². The van der Waals surface area contributed by atoms with Crippen LogP contribution >= 0.6 is 0 Å². The van der Waals surface area contributed by atoms with Crippen molar-refractivity contribution in [2.75, 3.05) is 18.1 Å². The van der Waals surface area contributed by atoms with Crippen LogP contribution in [0.1, 0.15) is 43.5 Å². The molecule has 3 rings (SSSR count). The third-order valence-electron chi connectivity index (χ3n) is 5.57. The van der Waals surface area contributed by atoms with Gasteiger partial charge < -0.3 is 14.5 Å². The fourth-order valence-electron chi connectivity index (χ4n) is 4.02. The Bertz CT molecular complexity index is 854. The summed E-state index contributed by atoms with van der Waals surface area (Å²) in [6.07, 6.45) is 4.94. The van der Waals surface area contributed by atoms with E-state index in [-0.39, 0.29) is 30.5 Å². The highest BCUT2D eigenvalue weighted by Gasteiger charge is 2.29. The first-order valence-corrected chi connectivity index (χ1v) is 10.5. The Labute approximate surface area is 178 Å². The molecule has 0 saturated carbocycles. The first-order valence-electron chi connectivity index (χ1n) is 10.5. The van der Waals surface area contributed by atoms with E-state index in [2.05, 4.69) is 20.4 Å². The molecule has 2 aromatic rings. The molecule has 2 atom stereocenters. The summed E-state index contributed by atoms with van der Waals surface area (Å²) < 4.78 is 5.71. The van der Waals surface area contributed by atoms with Gasteiger partial charge in [0.2, 0.25) is 0 Å². The van der Waals surface area contributed by atoms with Crippen LogP contribution in [0.15, 0.2) is 67.3 Å². The van der Waals surface area contributed by atoms with Crippen LogP contribution in [0, 0.1) is 0 Å². The smallest absolute Gasteiger partial charge is 0.260 e. The number of carbonyl (C=O) groups is 2. The van der Waals surface area contributed by atoms with Crippen molar-refractivity contribution in [2.45, 2.75) is 45.2 Å². The number of anilines is 1. The number of nitrogens with zero attached hydrogens (tertiary/aromatic N) is 2. The molecule has 1 aliphatic heterocycles. The molecule has 0 spiro atoms. The summed E-state index contributed by atoms with van der Waals surface area (Å²) in [4.78, 5) is 29.2. The Morgan fingerprint density at radius 2 is 1.70 bits per heavy atom. The molecule has 2 aromatic carbocycles. The highest BCUT2D eigenvalue weighted by molar-refractivity contribution is 6.06. The van der Waals surface area contributed by atoms with Crippen molar-refractivity contribution in [1.29, 1.82) is 0 Å². The third-order valence-corrected chi connectivity index (χ3v) is 5.57. The predicted octanol–water partition coefficient (Wildman–Crippen LogP) is 4.69. The van der Waals surface area contributed by atoms with Gasteiger partial charge in [-0.2, -0.15) is 0 Å². The van der Waals surface area contributed by atoms with E-state index in [9.17, 15) is 9.59 Å². The van der Waals surface area contributed by atoms with Gasteiger partial charge in [0.25, 0.3) is 11.8 Å². The summed E-state index contributed by atoms with van der Waals surface area (Å²) in [5.41, 5.74) is 1.37. The number of rotatable bonds is 7. The first-order chi connectivity index (χ1) is 14.5. The molecule has 0 radical (unpaired) electrons. The second kappa shape index (κ2) is 10.1. The van der Waals surface area contributed by atoms with Crippen LogP contribution < -0.4 is 9.64 Å². The minimum Gasteiger partial charge on any atom is -0.484 e. The van der Waals surface area contributed by atoms with E-state index in [0.717, 1.165) is 24.9 Å². The summed E-state index contributed by atoms with van der Waals surface area (Å²) in [6.45, 7) is 8.37. The van der Waals surface area contributed by atoms with Gasteiger partial charge in [-0.1, -0.05) is 24.3 Å². The molecule has 0 aromatic heterocycles. The number of ether oxygens (including phenoxy) is 1. The lowest BCUT2D eigenvalue weighted by Gasteiger charge is -2.38. The van der Waals surface area contributed by atoms with Gasteiger partial charge in [-0.05, 0) is 69.5 Å². The predicted molar refractivity (Wildman–Crippen MR) is 120 cm³/mol. The number of benzene rings is 2. The number of para-hydroxylation sites is 1. The monoisotopic (exact) mass is 406 g/mol. The molecule has 1 fully saturated rings. The van der Waals surface area contributed by atoms with Crippen LogP contribution in [0.4, 0.5) is 5.69 Å². The van der Waals surface area contributed by atoms with Gasteiger partial charge in [0, 0.05) is 29.9 Å². The van der Waals surface area contributed by atoms with Crippen molar-refractivity contribution in [2.24, 2.45) is 0 Å². The quantitative estimate of drug-likeness (QED) is 0.627. The molecule has 1 heterocycles. The van der Waals surface area contributed by atoms with E-state index < -0.39 is 0 Å². The highest BCUT2D eigenvalue weighted by Crippen LogP contribution is 2.23. The van der Waals surface area contributed by atoms with Gasteiger partial charge in [-0.3, -0.25) is 9.59 Å². The molecule has 0 N–H and O–H groups in total. The molecule has 0 aliphatic carbocycles. The van der Waals surface area contributed by atoms with Crippen molar-refractivity contribution in [3.05, 3.63) is 72.8 Å². The molecule has 5 heteroatoms. The molecule has 1 aliphatic rings. The van der Waals surface area contributed by atoms with Crippen LogP contribution in [0.2, 0.25) is 0 Å². The first kappa shape index (κ1) is 21.6. The average Bonchev–Trinajstić information content (AvgIpc) is 2.76. The van der Waals surface area contributed by atoms with E-state index in [1.165, 1.54) is 0 Å². The Hall–Kier alpha value is -3.08. The van der Waals surface area contributed by atoms with Crippen molar-refractivity contribution in [3.8, 4) is 5.75 Å². The van der Waals surface area contributed by atoms with Gasteiger partial charge >= 0.3 is 0 Å². The van der Waals surface area contributed by atoms with Crippen LogP contribution in [0.3, 0.4) is 0 Å². The largest absolute Gasteiger partial charge is 0.484 e. The maximum absolute atomic E-state index is 13.0. The van der Waals surface area contributed by atoms with Crippen molar-refractivity contribution in [1.82, 2.24) is 4.90 Å². The van der Waals surface area contributed by atoms with Crippen LogP contribution in [0.25, 0.3) is 0 Å². The third kappa shape index (κ3) is 5.09. The molecule has 0 bridgehead atoms. The maximum Gasteiger partial charge on any atom is 0.260 e. The van der Waals surface area contributed by atoms with E-state index in [1.807, 2.05) is 35.2 Å². The molecule has 1 saturated heterocycles. The van der Waals surface area contributed by atoms with Gasteiger partial charge in [0.1, 0.15) is 5.75 Å². The van der Waals surface area contributed by atoms with Gasteiger partial charge in [0.05, 0.1) is 0 Å². The van der Waals surface area contributed by atoms with E-state index in [4.69, 9.17) is 4.74 Å². The SMILES string of the molecule is C=CCN(C(=O)c1ccc(OCC(=O)N2C(C)CCCC2C)cc1)c1ccccc1. The van der Waals surface area contributed by atoms with Crippen LogP contribution in [-0.2, 0) is 4.79 Å². The lowest BCUT2D eigenvalue weighted by Crippen LogP contribution is -2.49. The standard InChI is InChI=1S/C25H30N2O3/c1-4-17-26(22-11-6-5-7-12-22)25(29)21-13-15-23(16-14-21)30-18-24(28)27-19(2)9-8-10-20(27)3/h4-7,11-16,19-20H,1,8-10,17-18H2,2-3H3. The number of carbonyl (C=O) groups excluding carboxylic acids is 2. The molecular formula is C25H30N2O3. The minimum atomic E-state index is -0.111. The summed E-state index contributed by atoms with van der Waals surface area (Å²) in [7, 11) is 0. The summed E-state index contributed by atoms with van der Waals surface area (Å²) >= 11 is 0. The molecule has 30 heavy (non-hydrogen) atoms. The second-order valence-electron chi connectivity index (χ2n) is 7.78. The minimum absolute atomic E-state index is 0.00851. The maximum atomic E-state index is 13.0. The Kier molecular flexibility index (Phi) is 7.28. The zero-order valence-corrected chi connectivity index (χ0v) is 17.8. The normalized spacial score (nSPS) is 18.5. The average molecular weight is 407 g/mol. The fraction of sp³-hybridized carbons (Fsp3) is 0.360. The molecule has 5 nitrogen and oxygen atoms in total. The Balaban J connectivity index is 1.63. The van der Waals surface area contributed by atoms with Crippen molar-refractivity contribution in [3.63, 3.8) is 0 Å². The zero-order chi connectivity index (χ0) is 21.5. The zero-order valence-electron chi connectivity index (χ0n) is 17.8. The van der Waals surface area contributed by atoms with Crippen molar-refractivity contribution < 1.29 is 14.3 Å². The summed E-state index contributed by atoms with van der Waals surface area (Å²) in [5.74, 6) is 0.475. The lowest BCUT2D eigenvalue weighted by molar-refractivity contribution is -0.139. The summed E-state index contributed by atoms with van der Waals surface area (Å²) in [6, 6.07) is 16.9. The number of piperidine rings is 1. The molecule has 2 unspecified atom stereocenters. The number of hydrogen-bond donors (Lipinski definition) is 0.